The van der Waals surface area contributed by atoms with E-state index in [0.717, 1.165) is 11.9 Å². The molecule has 0 saturated heterocycles. The highest BCUT2D eigenvalue weighted by molar-refractivity contribution is 7.10. The van der Waals surface area contributed by atoms with Gasteiger partial charge in [-0.25, -0.2) is 0 Å². The zero-order valence-electron chi connectivity index (χ0n) is 15.0. The Morgan fingerprint density at radius 2 is 1.81 bits per heavy atom. The van der Waals surface area contributed by atoms with Crippen molar-refractivity contribution in [3.8, 4) is 0 Å². The molecule has 136 valence electrons. The summed E-state index contributed by atoms with van der Waals surface area (Å²) in [5, 5.41) is 6.46. The fraction of sp³-hybridized carbons (Fsp3) is 0.174. The lowest BCUT2D eigenvalue weighted by Crippen LogP contribution is -2.28. The predicted molar refractivity (Wildman–Crippen MR) is 112 cm³/mol. The molecule has 0 saturated carbocycles. The van der Waals surface area contributed by atoms with Crippen molar-refractivity contribution in [2.75, 3.05) is 6.54 Å². The predicted octanol–water partition coefficient (Wildman–Crippen LogP) is 5.11. The number of benzene rings is 2. The molecule has 0 bridgehead atoms. The van der Waals surface area contributed by atoms with Gasteiger partial charge in [0, 0.05) is 40.9 Å². The molecule has 0 fully saturated rings. The Hall–Kier alpha value is -2.85. The van der Waals surface area contributed by atoms with E-state index in [1.165, 1.54) is 21.4 Å². The number of hydrogen-bond acceptors (Lipinski definition) is 2. The zero-order valence-corrected chi connectivity index (χ0v) is 15.8. The van der Waals surface area contributed by atoms with Gasteiger partial charge in [0.2, 0.25) is 5.91 Å². The number of fused-ring (bicyclic) bond motifs is 1. The van der Waals surface area contributed by atoms with Gasteiger partial charge < -0.3 is 10.3 Å². The summed E-state index contributed by atoms with van der Waals surface area (Å²) < 4.78 is 0. The smallest absolute Gasteiger partial charge is 0.220 e. The Kier molecular flexibility index (Phi) is 5.35. The third-order valence-corrected chi connectivity index (χ3v) is 5.86. The third kappa shape index (κ3) is 4.12. The molecule has 0 aliphatic rings. The van der Waals surface area contributed by atoms with Gasteiger partial charge in [0.25, 0.3) is 0 Å². The SMILES string of the molecule is O=C(CCc1ccccc1)NC[C@H](c1cccs1)c1c[nH]c2ccccc12. The molecule has 27 heavy (non-hydrogen) atoms. The number of H-pyrrole nitrogens is 1. The third-order valence-electron chi connectivity index (χ3n) is 4.87. The van der Waals surface area contributed by atoms with Crippen LogP contribution in [0.5, 0.6) is 0 Å². The molecule has 4 heteroatoms. The molecular weight excluding hydrogens is 352 g/mol. The van der Waals surface area contributed by atoms with Crippen LogP contribution in [-0.4, -0.2) is 17.4 Å². The summed E-state index contributed by atoms with van der Waals surface area (Å²) in [6.45, 7) is 0.607. The fourth-order valence-electron chi connectivity index (χ4n) is 3.44. The van der Waals surface area contributed by atoms with E-state index in [-0.39, 0.29) is 11.8 Å². The highest BCUT2D eigenvalue weighted by Gasteiger charge is 2.19. The van der Waals surface area contributed by atoms with E-state index >= 15 is 0 Å². The van der Waals surface area contributed by atoms with Crippen molar-refractivity contribution in [3.05, 3.63) is 94.3 Å². The number of thiophene rings is 1. The van der Waals surface area contributed by atoms with E-state index in [2.05, 4.69) is 64.3 Å². The van der Waals surface area contributed by atoms with Gasteiger partial charge in [-0.3, -0.25) is 4.79 Å². The summed E-state index contributed by atoms with van der Waals surface area (Å²) in [6, 6.07) is 22.7. The summed E-state index contributed by atoms with van der Waals surface area (Å²) in [5.41, 5.74) is 3.56. The second-order valence-electron chi connectivity index (χ2n) is 6.65. The van der Waals surface area contributed by atoms with Gasteiger partial charge >= 0.3 is 0 Å². The van der Waals surface area contributed by atoms with E-state index in [4.69, 9.17) is 0 Å². The van der Waals surface area contributed by atoms with Gasteiger partial charge in [0.1, 0.15) is 0 Å². The Morgan fingerprint density at radius 1 is 1.00 bits per heavy atom. The fourth-order valence-corrected chi connectivity index (χ4v) is 4.29. The lowest BCUT2D eigenvalue weighted by atomic mass is 9.96. The first-order chi connectivity index (χ1) is 13.3. The number of amides is 1. The molecule has 0 spiro atoms. The molecule has 2 aromatic carbocycles. The largest absolute Gasteiger partial charge is 0.361 e. The van der Waals surface area contributed by atoms with Crippen LogP contribution in [-0.2, 0) is 11.2 Å². The van der Waals surface area contributed by atoms with E-state index < -0.39 is 0 Å². The maximum Gasteiger partial charge on any atom is 0.220 e. The average molecular weight is 375 g/mol. The second kappa shape index (κ2) is 8.23. The van der Waals surface area contributed by atoms with E-state index in [9.17, 15) is 4.79 Å². The molecule has 4 aromatic rings. The van der Waals surface area contributed by atoms with Crippen molar-refractivity contribution >= 4 is 28.1 Å². The van der Waals surface area contributed by atoms with Crippen molar-refractivity contribution < 1.29 is 4.79 Å². The lowest BCUT2D eigenvalue weighted by molar-refractivity contribution is -0.121. The maximum atomic E-state index is 12.4. The highest BCUT2D eigenvalue weighted by Crippen LogP contribution is 2.32. The molecule has 0 unspecified atom stereocenters. The Labute approximate surface area is 163 Å². The Morgan fingerprint density at radius 3 is 2.63 bits per heavy atom. The quantitative estimate of drug-likeness (QED) is 0.464. The molecule has 2 N–H and O–H groups in total. The first kappa shape index (κ1) is 17.6. The molecule has 0 aliphatic heterocycles. The van der Waals surface area contributed by atoms with Crippen molar-refractivity contribution in [2.45, 2.75) is 18.8 Å². The number of aryl methyl sites for hydroxylation is 1. The van der Waals surface area contributed by atoms with Crippen molar-refractivity contribution in [1.82, 2.24) is 10.3 Å². The standard InChI is InChI=1S/C23H22N2OS/c26-23(13-12-17-7-2-1-3-8-17)25-16-20(22-11-6-14-27-22)19-15-24-21-10-5-4-9-18(19)21/h1-11,14-15,20,24H,12-13,16H2,(H,25,26)/t20-/m0/s1. The molecular formula is C23H22N2OS. The topological polar surface area (TPSA) is 44.9 Å². The monoisotopic (exact) mass is 374 g/mol. The summed E-state index contributed by atoms with van der Waals surface area (Å²) in [5.74, 6) is 0.252. The van der Waals surface area contributed by atoms with Crippen LogP contribution in [0.3, 0.4) is 0 Å². The van der Waals surface area contributed by atoms with E-state index in [1.807, 2.05) is 24.3 Å². The van der Waals surface area contributed by atoms with Crippen LogP contribution in [0, 0.1) is 0 Å². The number of aromatic amines is 1. The molecule has 4 rings (SSSR count). The Bertz CT molecular complexity index is 1010. The van der Waals surface area contributed by atoms with Gasteiger partial charge in [-0.2, -0.15) is 0 Å². The summed E-state index contributed by atoms with van der Waals surface area (Å²) in [7, 11) is 0. The minimum atomic E-state index is 0.0975. The van der Waals surface area contributed by atoms with E-state index in [0.29, 0.717) is 13.0 Å². The number of carbonyl (C=O) groups excluding carboxylic acids is 1. The van der Waals surface area contributed by atoms with Gasteiger partial charge in [-0.1, -0.05) is 54.6 Å². The molecule has 2 heterocycles. The number of hydrogen-bond donors (Lipinski definition) is 2. The van der Waals surface area contributed by atoms with Crippen LogP contribution in [0.2, 0.25) is 0 Å². The van der Waals surface area contributed by atoms with Gasteiger partial charge in [-0.05, 0) is 35.1 Å². The second-order valence-corrected chi connectivity index (χ2v) is 7.63. The normalized spacial score (nSPS) is 12.1. The molecule has 0 radical (unpaired) electrons. The zero-order chi connectivity index (χ0) is 18.5. The van der Waals surface area contributed by atoms with Gasteiger partial charge in [0.15, 0.2) is 0 Å². The van der Waals surface area contributed by atoms with Crippen molar-refractivity contribution in [1.29, 1.82) is 0 Å². The molecule has 3 nitrogen and oxygen atoms in total. The van der Waals surface area contributed by atoms with Crippen LogP contribution < -0.4 is 5.32 Å². The number of aromatic nitrogens is 1. The average Bonchev–Trinajstić information content (AvgIpc) is 3.38. The summed E-state index contributed by atoms with van der Waals surface area (Å²) in [4.78, 5) is 17.0. The van der Waals surface area contributed by atoms with Crippen LogP contribution in [0.25, 0.3) is 10.9 Å². The summed E-state index contributed by atoms with van der Waals surface area (Å²) >= 11 is 1.73. The number of nitrogens with one attached hydrogen (secondary N) is 2. The number of carbonyl (C=O) groups is 1. The maximum absolute atomic E-state index is 12.4. The molecule has 0 aliphatic carbocycles. The molecule has 1 amide bonds. The minimum Gasteiger partial charge on any atom is -0.361 e. The van der Waals surface area contributed by atoms with Crippen LogP contribution >= 0.6 is 11.3 Å². The highest BCUT2D eigenvalue weighted by atomic mass is 32.1. The lowest BCUT2D eigenvalue weighted by Gasteiger charge is -2.16. The minimum absolute atomic E-state index is 0.0975. The first-order valence-electron chi connectivity index (χ1n) is 9.21. The van der Waals surface area contributed by atoms with Crippen LogP contribution in [0.4, 0.5) is 0 Å². The number of rotatable bonds is 7. The van der Waals surface area contributed by atoms with Crippen LogP contribution in [0.1, 0.15) is 28.3 Å². The number of para-hydroxylation sites is 1. The molecule has 1 atom stereocenters. The first-order valence-corrected chi connectivity index (χ1v) is 10.1. The summed E-state index contributed by atoms with van der Waals surface area (Å²) in [6.07, 6.45) is 3.35. The van der Waals surface area contributed by atoms with Gasteiger partial charge in [-0.15, -0.1) is 11.3 Å². The van der Waals surface area contributed by atoms with Crippen molar-refractivity contribution in [3.63, 3.8) is 0 Å². The Balaban J connectivity index is 1.47. The molecule has 2 aromatic heterocycles. The van der Waals surface area contributed by atoms with E-state index in [1.54, 1.807) is 11.3 Å². The van der Waals surface area contributed by atoms with Gasteiger partial charge in [0.05, 0.1) is 0 Å². The van der Waals surface area contributed by atoms with Crippen LogP contribution in [0.15, 0.2) is 78.3 Å². The van der Waals surface area contributed by atoms with Crippen molar-refractivity contribution in [2.24, 2.45) is 0 Å².